The Labute approximate surface area is 107 Å². The zero-order chi connectivity index (χ0) is 14.1. The van der Waals surface area contributed by atoms with Crippen LogP contribution in [0.15, 0.2) is 18.2 Å². The number of likely N-dealkylation sites (N-methyl/N-ethyl adjacent to an activating group) is 1. The molecule has 0 aliphatic carbocycles. The van der Waals surface area contributed by atoms with Crippen molar-refractivity contribution in [3.8, 4) is 0 Å². The first-order valence-corrected chi connectivity index (χ1v) is 5.80. The van der Waals surface area contributed by atoms with Crippen LogP contribution in [0, 0.1) is 17.0 Å². The second-order valence-electron chi connectivity index (χ2n) is 5.65. The quantitative estimate of drug-likeness (QED) is 0.826. The number of hydrogen-bond acceptors (Lipinski definition) is 2. The second kappa shape index (κ2) is 5.14. The number of Topliss-reactive ketones (excluding diaryl/α,β-unsaturated/α-hetero) is 1. The Morgan fingerprint density at radius 3 is 2.17 bits per heavy atom. The number of rotatable bonds is 3. The molecule has 0 aromatic heterocycles. The Balaban J connectivity index is 3.25. The van der Waals surface area contributed by atoms with E-state index < -0.39 is 23.1 Å². The van der Waals surface area contributed by atoms with Gasteiger partial charge in [0.2, 0.25) is 0 Å². The summed E-state index contributed by atoms with van der Waals surface area (Å²) in [6, 6.07) is 2.61. The maximum atomic E-state index is 13.8. The highest BCUT2D eigenvalue weighted by Gasteiger charge is 2.33. The lowest BCUT2D eigenvalue weighted by atomic mass is 9.83. The van der Waals surface area contributed by atoms with E-state index in [1.54, 1.807) is 39.8 Å². The molecule has 1 atom stereocenters. The van der Waals surface area contributed by atoms with Crippen LogP contribution in [0.1, 0.15) is 32.4 Å². The number of carbonyl (C=O) groups is 1. The summed E-state index contributed by atoms with van der Waals surface area (Å²) in [4.78, 5) is 14.0. The normalized spacial score (nSPS) is 13.8. The molecule has 0 bridgehead atoms. The van der Waals surface area contributed by atoms with Gasteiger partial charge in [0.05, 0.1) is 6.04 Å². The Kier molecular flexibility index (Phi) is 4.22. The molecule has 18 heavy (non-hydrogen) atoms. The Hall–Kier alpha value is -1.29. The van der Waals surface area contributed by atoms with Crippen molar-refractivity contribution >= 4 is 5.78 Å². The summed E-state index contributed by atoms with van der Waals surface area (Å²) in [5, 5.41) is 0. The molecule has 0 aliphatic heterocycles. The first-order chi connectivity index (χ1) is 8.14. The van der Waals surface area contributed by atoms with E-state index in [1.807, 2.05) is 0 Å². The molecule has 0 radical (unpaired) electrons. The summed E-state index contributed by atoms with van der Waals surface area (Å²) in [5.74, 6) is -1.43. The highest BCUT2D eigenvalue weighted by atomic mass is 19.1. The third-order valence-corrected chi connectivity index (χ3v) is 2.76. The summed E-state index contributed by atoms with van der Waals surface area (Å²) in [7, 11) is 3.41. The molecule has 1 aromatic carbocycles. The summed E-state index contributed by atoms with van der Waals surface area (Å²) in [6.45, 7) is 5.35. The van der Waals surface area contributed by atoms with Crippen molar-refractivity contribution in [2.75, 3.05) is 14.1 Å². The third kappa shape index (κ3) is 3.13. The van der Waals surface area contributed by atoms with E-state index in [1.165, 1.54) is 12.1 Å². The molecule has 0 spiro atoms. The van der Waals surface area contributed by atoms with Crippen LogP contribution in [0.5, 0.6) is 0 Å². The van der Waals surface area contributed by atoms with Gasteiger partial charge in [0, 0.05) is 17.0 Å². The van der Waals surface area contributed by atoms with Crippen molar-refractivity contribution in [1.82, 2.24) is 4.90 Å². The third-order valence-electron chi connectivity index (χ3n) is 2.76. The number of carbonyl (C=O) groups excluding carboxylic acids is 1. The molecular formula is C14H19F2NO. The van der Waals surface area contributed by atoms with Crippen LogP contribution >= 0.6 is 0 Å². The first-order valence-electron chi connectivity index (χ1n) is 5.80. The molecule has 2 nitrogen and oxygen atoms in total. The standard InChI is InChI=1S/C14H19F2NO/c1-14(2,3)13(18)12(17(4)5)10-7-6-9(15)8-11(10)16/h6-8,12H,1-5H3. The predicted molar refractivity (Wildman–Crippen MR) is 67.2 cm³/mol. The monoisotopic (exact) mass is 255 g/mol. The smallest absolute Gasteiger partial charge is 0.159 e. The predicted octanol–water partition coefficient (Wildman–Crippen LogP) is 3.18. The van der Waals surface area contributed by atoms with Crippen LogP contribution in [0.3, 0.4) is 0 Å². The Morgan fingerprint density at radius 2 is 1.78 bits per heavy atom. The van der Waals surface area contributed by atoms with Gasteiger partial charge in [-0.2, -0.15) is 0 Å². The van der Waals surface area contributed by atoms with Crippen molar-refractivity contribution in [3.05, 3.63) is 35.4 Å². The van der Waals surface area contributed by atoms with E-state index in [0.29, 0.717) is 0 Å². The number of ketones is 1. The van der Waals surface area contributed by atoms with E-state index in [9.17, 15) is 13.6 Å². The second-order valence-corrected chi connectivity index (χ2v) is 5.65. The topological polar surface area (TPSA) is 20.3 Å². The van der Waals surface area contributed by atoms with Crippen LogP contribution in [0.25, 0.3) is 0 Å². The molecule has 0 N–H and O–H groups in total. The van der Waals surface area contributed by atoms with Crippen LogP contribution in [0.2, 0.25) is 0 Å². The van der Waals surface area contributed by atoms with Gasteiger partial charge in [0.1, 0.15) is 11.6 Å². The van der Waals surface area contributed by atoms with Gasteiger partial charge in [0.15, 0.2) is 5.78 Å². The lowest BCUT2D eigenvalue weighted by molar-refractivity contribution is -0.131. The highest BCUT2D eigenvalue weighted by Crippen LogP contribution is 2.30. The molecule has 1 unspecified atom stereocenters. The van der Waals surface area contributed by atoms with Crippen molar-refractivity contribution in [2.45, 2.75) is 26.8 Å². The fourth-order valence-corrected chi connectivity index (χ4v) is 1.79. The van der Waals surface area contributed by atoms with E-state index in [0.717, 1.165) is 6.07 Å². The fourth-order valence-electron chi connectivity index (χ4n) is 1.79. The fraction of sp³-hybridized carbons (Fsp3) is 0.500. The molecule has 4 heteroatoms. The SMILES string of the molecule is CN(C)C(C(=O)C(C)(C)C)c1ccc(F)cc1F. The van der Waals surface area contributed by atoms with Gasteiger partial charge in [0.25, 0.3) is 0 Å². The number of benzene rings is 1. The van der Waals surface area contributed by atoms with Crippen LogP contribution in [-0.2, 0) is 4.79 Å². The maximum Gasteiger partial charge on any atom is 0.159 e. The molecule has 0 fully saturated rings. The minimum absolute atomic E-state index is 0.0991. The van der Waals surface area contributed by atoms with Crippen LogP contribution in [0.4, 0.5) is 8.78 Å². The van der Waals surface area contributed by atoms with Gasteiger partial charge in [-0.05, 0) is 20.2 Å². The van der Waals surface area contributed by atoms with Crippen LogP contribution < -0.4 is 0 Å². The summed E-state index contributed by atoms with van der Waals surface area (Å²) in [6.07, 6.45) is 0. The molecule has 0 amide bonds. The van der Waals surface area contributed by atoms with E-state index >= 15 is 0 Å². The molecule has 1 rings (SSSR count). The molecule has 0 saturated carbocycles. The van der Waals surface area contributed by atoms with E-state index in [4.69, 9.17) is 0 Å². The Morgan fingerprint density at radius 1 is 1.22 bits per heavy atom. The van der Waals surface area contributed by atoms with Gasteiger partial charge in [-0.15, -0.1) is 0 Å². The van der Waals surface area contributed by atoms with Crippen molar-refractivity contribution < 1.29 is 13.6 Å². The largest absolute Gasteiger partial charge is 0.297 e. The number of halogens is 2. The molecule has 1 aromatic rings. The lowest BCUT2D eigenvalue weighted by Gasteiger charge is -2.30. The summed E-state index contributed by atoms with van der Waals surface area (Å²) in [5.41, 5.74) is -0.378. The molecule has 100 valence electrons. The van der Waals surface area contributed by atoms with Gasteiger partial charge in [-0.1, -0.05) is 26.8 Å². The lowest BCUT2D eigenvalue weighted by Crippen LogP contribution is -2.36. The molecule has 0 aliphatic rings. The van der Waals surface area contributed by atoms with E-state index in [-0.39, 0.29) is 11.3 Å². The van der Waals surface area contributed by atoms with Gasteiger partial charge in [-0.3, -0.25) is 9.69 Å². The van der Waals surface area contributed by atoms with Gasteiger partial charge in [-0.25, -0.2) is 8.78 Å². The van der Waals surface area contributed by atoms with E-state index in [2.05, 4.69) is 0 Å². The van der Waals surface area contributed by atoms with Crippen molar-refractivity contribution in [1.29, 1.82) is 0 Å². The minimum atomic E-state index is -0.703. The van der Waals surface area contributed by atoms with Gasteiger partial charge < -0.3 is 0 Å². The molecule has 0 heterocycles. The average Bonchev–Trinajstić information content (AvgIpc) is 2.19. The zero-order valence-corrected chi connectivity index (χ0v) is 11.4. The van der Waals surface area contributed by atoms with Gasteiger partial charge >= 0.3 is 0 Å². The zero-order valence-electron chi connectivity index (χ0n) is 11.4. The minimum Gasteiger partial charge on any atom is -0.297 e. The number of hydrogen-bond donors (Lipinski definition) is 0. The van der Waals surface area contributed by atoms with Crippen molar-refractivity contribution in [2.24, 2.45) is 5.41 Å². The molecular weight excluding hydrogens is 236 g/mol. The van der Waals surface area contributed by atoms with Crippen LogP contribution in [-0.4, -0.2) is 24.8 Å². The molecule has 0 saturated heterocycles. The summed E-state index contributed by atoms with van der Waals surface area (Å²) >= 11 is 0. The summed E-state index contributed by atoms with van der Waals surface area (Å²) < 4.78 is 26.7. The first kappa shape index (κ1) is 14.8. The Bertz CT molecular complexity index is 450. The average molecular weight is 255 g/mol. The maximum absolute atomic E-state index is 13.8. The van der Waals surface area contributed by atoms with Crippen molar-refractivity contribution in [3.63, 3.8) is 0 Å². The number of nitrogens with zero attached hydrogens (tertiary/aromatic N) is 1. The highest BCUT2D eigenvalue weighted by molar-refractivity contribution is 5.89.